The number of aromatic nitrogens is 2. The lowest BCUT2D eigenvalue weighted by Gasteiger charge is -2.21. The van der Waals surface area contributed by atoms with Crippen molar-refractivity contribution in [1.82, 2.24) is 14.5 Å². The quantitative estimate of drug-likeness (QED) is 0.575. The van der Waals surface area contributed by atoms with E-state index < -0.39 is 4.92 Å². The highest BCUT2D eigenvalue weighted by Gasteiger charge is 2.17. The largest absolute Gasteiger partial charge is 0.381 e. The molecule has 0 bridgehead atoms. The minimum absolute atomic E-state index is 0.00768. The molecule has 124 valence electrons. The molecule has 2 N–H and O–H groups in total. The van der Waals surface area contributed by atoms with E-state index in [0.717, 1.165) is 6.42 Å². The highest BCUT2D eigenvalue weighted by molar-refractivity contribution is 5.75. The zero-order valence-corrected chi connectivity index (χ0v) is 13.7. The maximum atomic E-state index is 12.1. The summed E-state index contributed by atoms with van der Waals surface area (Å²) in [4.78, 5) is 27.7. The van der Waals surface area contributed by atoms with Gasteiger partial charge in [0.05, 0.1) is 0 Å². The molecule has 0 radical (unpaired) electrons. The number of carbonyl (C=O) groups is 1. The number of nitro groups is 1. The fourth-order valence-corrected chi connectivity index (χ4v) is 2.01. The molecule has 22 heavy (non-hydrogen) atoms. The van der Waals surface area contributed by atoms with Crippen LogP contribution in [0.2, 0.25) is 0 Å². The Bertz CT molecular complexity index is 527. The van der Waals surface area contributed by atoms with Crippen molar-refractivity contribution >= 4 is 11.7 Å². The Morgan fingerprint density at radius 3 is 2.68 bits per heavy atom. The number of carbonyl (C=O) groups excluding carboxylic acids is 1. The van der Waals surface area contributed by atoms with Crippen LogP contribution in [0.1, 0.15) is 32.5 Å². The van der Waals surface area contributed by atoms with Gasteiger partial charge in [-0.2, -0.15) is 0 Å². The van der Waals surface area contributed by atoms with E-state index in [-0.39, 0.29) is 24.2 Å². The zero-order chi connectivity index (χ0) is 16.9. The molecular formula is C14H25N5O3. The number of imidazole rings is 1. The summed E-state index contributed by atoms with van der Waals surface area (Å²) in [6.45, 7) is 6.79. The van der Waals surface area contributed by atoms with Gasteiger partial charge in [0, 0.05) is 39.5 Å². The standard InChI is InChI=1S/C14H25N5O3/c1-10(2)12(15)5-7-17(4)14(20)6-8-18-9-13(19(21)22)16-11(18)3/h9-10,12H,5-8,15H2,1-4H3. The van der Waals surface area contributed by atoms with Crippen LogP contribution in [-0.2, 0) is 11.3 Å². The van der Waals surface area contributed by atoms with Gasteiger partial charge in [0.15, 0.2) is 0 Å². The molecule has 0 aliphatic rings. The van der Waals surface area contributed by atoms with E-state index in [9.17, 15) is 14.9 Å². The average molecular weight is 311 g/mol. The molecule has 1 amide bonds. The molecule has 1 aromatic rings. The zero-order valence-electron chi connectivity index (χ0n) is 13.7. The maximum absolute atomic E-state index is 12.1. The number of hydrogen-bond donors (Lipinski definition) is 1. The minimum Gasteiger partial charge on any atom is -0.358 e. The van der Waals surface area contributed by atoms with Gasteiger partial charge >= 0.3 is 5.82 Å². The first-order chi connectivity index (χ1) is 10.2. The summed E-state index contributed by atoms with van der Waals surface area (Å²) in [5.74, 6) is 0.717. The van der Waals surface area contributed by atoms with Crippen molar-refractivity contribution in [3.8, 4) is 0 Å². The molecule has 1 aromatic heterocycles. The van der Waals surface area contributed by atoms with Crippen LogP contribution in [0.3, 0.4) is 0 Å². The van der Waals surface area contributed by atoms with Gasteiger partial charge in [0.25, 0.3) is 0 Å². The van der Waals surface area contributed by atoms with Crippen molar-refractivity contribution < 1.29 is 9.72 Å². The number of nitrogens with zero attached hydrogens (tertiary/aromatic N) is 4. The molecule has 1 rings (SSSR count). The van der Waals surface area contributed by atoms with Gasteiger partial charge in [-0.15, -0.1) is 0 Å². The lowest BCUT2D eigenvalue weighted by atomic mass is 10.0. The Morgan fingerprint density at radius 2 is 2.18 bits per heavy atom. The van der Waals surface area contributed by atoms with Crippen molar-refractivity contribution in [2.45, 2.75) is 46.2 Å². The molecule has 1 heterocycles. The maximum Gasteiger partial charge on any atom is 0.381 e. The Kier molecular flexibility index (Phi) is 6.48. The normalized spacial score (nSPS) is 12.5. The second-order valence-electron chi connectivity index (χ2n) is 5.86. The van der Waals surface area contributed by atoms with E-state index in [1.807, 2.05) is 0 Å². The van der Waals surface area contributed by atoms with Gasteiger partial charge in [-0.25, -0.2) is 0 Å². The number of hydrogen-bond acceptors (Lipinski definition) is 5. The van der Waals surface area contributed by atoms with Crippen molar-refractivity contribution in [1.29, 1.82) is 0 Å². The average Bonchev–Trinajstić information content (AvgIpc) is 2.83. The Hall–Kier alpha value is -1.96. The highest BCUT2D eigenvalue weighted by Crippen LogP contribution is 2.11. The Labute approximate surface area is 130 Å². The molecule has 0 aliphatic heterocycles. The second-order valence-corrected chi connectivity index (χ2v) is 5.86. The number of nitrogens with two attached hydrogens (primary N) is 1. The molecule has 1 atom stereocenters. The summed E-state index contributed by atoms with van der Waals surface area (Å²) in [5.41, 5.74) is 5.97. The predicted molar refractivity (Wildman–Crippen MR) is 83.3 cm³/mol. The Balaban J connectivity index is 2.47. The number of rotatable bonds is 8. The first-order valence-corrected chi connectivity index (χ1v) is 7.40. The smallest absolute Gasteiger partial charge is 0.358 e. The molecule has 1 unspecified atom stereocenters. The van der Waals surface area contributed by atoms with Crippen molar-refractivity contribution in [3.05, 3.63) is 22.1 Å². The van der Waals surface area contributed by atoms with Gasteiger partial charge in [-0.05, 0) is 22.2 Å². The number of amides is 1. The summed E-state index contributed by atoms with van der Waals surface area (Å²) in [7, 11) is 1.75. The summed E-state index contributed by atoms with van der Waals surface area (Å²) in [5, 5.41) is 10.7. The van der Waals surface area contributed by atoms with Crippen LogP contribution in [0.15, 0.2) is 6.20 Å². The van der Waals surface area contributed by atoms with Crippen molar-refractivity contribution in [2.24, 2.45) is 11.7 Å². The molecule has 0 spiro atoms. The summed E-state index contributed by atoms with van der Waals surface area (Å²) in [6, 6.07) is 0.0776. The van der Waals surface area contributed by atoms with E-state index in [0.29, 0.717) is 24.8 Å². The molecule has 8 nitrogen and oxygen atoms in total. The molecule has 8 heteroatoms. The van der Waals surface area contributed by atoms with E-state index in [4.69, 9.17) is 5.73 Å². The lowest BCUT2D eigenvalue weighted by molar-refractivity contribution is -0.389. The minimum atomic E-state index is -0.537. The lowest BCUT2D eigenvalue weighted by Crippen LogP contribution is -2.35. The van der Waals surface area contributed by atoms with Gasteiger partial charge in [0.1, 0.15) is 6.20 Å². The van der Waals surface area contributed by atoms with Gasteiger partial charge in [0.2, 0.25) is 11.7 Å². The Morgan fingerprint density at radius 1 is 1.55 bits per heavy atom. The summed E-state index contributed by atoms with van der Waals surface area (Å²) in [6.07, 6.45) is 2.40. The fourth-order valence-electron chi connectivity index (χ4n) is 2.01. The third-order valence-corrected chi connectivity index (χ3v) is 3.80. The van der Waals surface area contributed by atoms with Gasteiger partial charge in [-0.1, -0.05) is 13.8 Å². The van der Waals surface area contributed by atoms with Crippen LogP contribution in [-0.4, -0.2) is 44.9 Å². The molecule has 0 saturated heterocycles. The third-order valence-electron chi connectivity index (χ3n) is 3.80. The molecule has 0 aliphatic carbocycles. The van der Waals surface area contributed by atoms with Crippen molar-refractivity contribution in [3.63, 3.8) is 0 Å². The van der Waals surface area contributed by atoms with E-state index in [1.54, 1.807) is 23.4 Å². The van der Waals surface area contributed by atoms with Crippen LogP contribution < -0.4 is 5.73 Å². The van der Waals surface area contributed by atoms with E-state index >= 15 is 0 Å². The summed E-state index contributed by atoms with van der Waals surface area (Å²) >= 11 is 0. The number of aryl methyl sites for hydroxylation is 2. The van der Waals surface area contributed by atoms with Crippen LogP contribution >= 0.6 is 0 Å². The van der Waals surface area contributed by atoms with E-state index in [2.05, 4.69) is 18.8 Å². The molecule has 0 aromatic carbocycles. The second kappa shape index (κ2) is 7.88. The van der Waals surface area contributed by atoms with Crippen LogP contribution in [0.4, 0.5) is 5.82 Å². The summed E-state index contributed by atoms with van der Waals surface area (Å²) < 4.78 is 1.63. The van der Waals surface area contributed by atoms with E-state index in [1.165, 1.54) is 6.20 Å². The van der Waals surface area contributed by atoms with Gasteiger partial charge < -0.3 is 25.3 Å². The predicted octanol–water partition coefficient (Wildman–Crippen LogP) is 1.32. The fraction of sp³-hybridized carbons (Fsp3) is 0.714. The highest BCUT2D eigenvalue weighted by atomic mass is 16.6. The van der Waals surface area contributed by atoms with Crippen LogP contribution in [0, 0.1) is 23.0 Å². The van der Waals surface area contributed by atoms with Gasteiger partial charge in [-0.3, -0.25) is 4.79 Å². The van der Waals surface area contributed by atoms with Crippen molar-refractivity contribution in [2.75, 3.05) is 13.6 Å². The first-order valence-electron chi connectivity index (χ1n) is 7.40. The monoisotopic (exact) mass is 311 g/mol. The van der Waals surface area contributed by atoms with Crippen LogP contribution in [0.5, 0.6) is 0 Å². The third kappa shape index (κ3) is 5.10. The molecular weight excluding hydrogens is 286 g/mol. The SMILES string of the molecule is Cc1nc([N+](=O)[O-])cn1CCC(=O)N(C)CCC(N)C(C)C. The molecule has 0 saturated carbocycles. The first kappa shape index (κ1) is 18.1. The van der Waals surface area contributed by atoms with Crippen LogP contribution in [0.25, 0.3) is 0 Å². The molecule has 0 fully saturated rings. The topological polar surface area (TPSA) is 107 Å².